The summed E-state index contributed by atoms with van der Waals surface area (Å²) < 4.78 is 5.61. The number of rotatable bonds is 2. The molecule has 1 saturated heterocycles. The number of fused-ring (bicyclic) bond motifs is 1. The summed E-state index contributed by atoms with van der Waals surface area (Å²) in [6.45, 7) is 0.797. The molecule has 1 aromatic rings. The van der Waals surface area contributed by atoms with E-state index in [1.165, 1.54) is 4.90 Å². The number of aliphatic carboxylic acids is 1. The van der Waals surface area contributed by atoms with Crippen molar-refractivity contribution in [1.82, 2.24) is 4.90 Å². The average molecular weight is 310 g/mol. The summed E-state index contributed by atoms with van der Waals surface area (Å²) in [6.07, 6.45) is 1.80. The quantitative estimate of drug-likeness (QED) is 0.907. The zero-order valence-corrected chi connectivity index (χ0v) is 12.2. The highest BCUT2D eigenvalue weighted by Gasteiger charge is 2.38. The third kappa shape index (κ3) is 2.70. The molecule has 1 N–H and O–H groups in total. The van der Waals surface area contributed by atoms with Gasteiger partial charge >= 0.3 is 5.97 Å². The van der Waals surface area contributed by atoms with Gasteiger partial charge in [-0.15, -0.1) is 0 Å². The van der Waals surface area contributed by atoms with Crippen molar-refractivity contribution in [2.24, 2.45) is 5.92 Å². The first-order chi connectivity index (χ1) is 10.1. The van der Waals surface area contributed by atoms with E-state index in [9.17, 15) is 14.7 Å². The van der Waals surface area contributed by atoms with Crippen LogP contribution in [0.25, 0.3) is 0 Å². The lowest BCUT2D eigenvalue weighted by Crippen LogP contribution is -2.46. The predicted octanol–water partition coefficient (Wildman–Crippen LogP) is 1.97. The number of carbonyl (C=O) groups excluding carboxylic acids is 1. The van der Waals surface area contributed by atoms with E-state index in [-0.39, 0.29) is 18.4 Å². The van der Waals surface area contributed by atoms with Crippen molar-refractivity contribution < 1.29 is 19.4 Å². The molecule has 2 aliphatic heterocycles. The van der Waals surface area contributed by atoms with Crippen LogP contribution >= 0.6 is 11.6 Å². The third-order valence-corrected chi connectivity index (χ3v) is 4.33. The van der Waals surface area contributed by atoms with Crippen molar-refractivity contribution in [3.05, 3.63) is 28.8 Å². The van der Waals surface area contributed by atoms with Gasteiger partial charge in [0.25, 0.3) is 0 Å². The number of carbonyl (C=O) groups is 2. The Morgan fingerprint density at radius 1 is 1.38 bits per heavy atom. The van der Waals surface area contributed by atoms with Crippen LogP contribution in [-0.4, -0.2) is 41.1 Å². The Morgan fingerprint density at radius 3 is 2.95 bits per heavy atom. The summed E-state index contributed by atoms with van der Waals surface area (Å²) in [5.74, 6) is -0.651. The highest BCUT2D eigenvalue weighted by atomic mass is 35.5. The maximum absolute atomic E-state index is 12.6. The fourth-order valence-corrected chi connectivity index (χ4v) is 3.24. The lowest BCUT2D eigenvalue weighted by atomic mass is 9.95. The molecule has 0 spiro atoms. The highest BCUT2D eigenvalue weighted by Crippen LogP contribution is 2.31. The fraction of sp³-hybridized carbons (Fsp3) is 0.467. The molecule has 0 saturated carbocycles. The Morgan fingerprint density at radius 2 is 2.19 bits per heavy atom. The molecule has 0 radical (unpaired) electrons. The number of hydrogen-bond donors (Lipinski definition) is 1. The largest absolute Gasteiger partial charge is 0.492 e. The minimum atomic E-state index is -0.930. The fourth-order valence-electron chi connectivity index (χ4n) is 3.04. The van der Waals surface area contributed by atoms with Crippen molar-refractivity contribution in [3.63, 3.8) is 0 Å². The third-order valence-electron chi connectivity index (χ3n) is 4.10. The Kier molecular flexibility index (Phi) is 3.76. The van der Waals surface area contributed by atoms with E-state index in [0.29, 0.717) is 24.4 Å². The van der Waals surface area contributed by atoms with Gasteiger partial charge in [0.1, 0.15) is 18.4 Å². The summed E-state index contributed by atoms with van der Waals surface area (Å²) in [6, 6.07) is 4.66. The summed E-state index contributed by atoms with van der Waals surface area (Å²) >= 11 is 5.97. The van der Waals surface area contributed by atoms with Gasteiger partial charge in [-0.25, -0.2) is 4.79 Å². The van der Waals surface area contributed by atoms with E-state index in [0.717, 1.165) is 17.7 Å². The molecule has 2 atom stereocenters. The van der Waals surface area contributed by atoms with E-state index in [4.69, 9.17) is 16.3 Å². The topological polar surface area (TPSA) is 66.8 Å². The maximum Gasteiger partial charge on any atom is 0.326 e. The van der Waals surface area contributed by atoms with E-state index in [1.54, 1.807) is 18.2 Å². The van der Waals surface area contributed by atoms with Crippen molar-refractivity contribution >= 4 is 23.5 Å². The number of nitrogens with zero attached hydrogens (tertiary/aromatic N) is 1. The average Bonchev–Trinajstić information content (AvgIpc) is 2.95. The smallest absolute Gasteiger partial charge is 0.326 e. The zero-order chi connectivity index (χ0) is 15.0. The molecule has 0 aromatic heterocycles. The summed E-state index contributed by atoms with van der Waals surface area (Å²) in [5.41, 5.74) is 0.901. The first-order valence-corrected chi connectivity index (χ1v) is 7.38. The van der Waals surface area contributed by atoms with Crippen molar-refractivity contribution in [2.75, 3.05) is 13.2 Å². The minimum Gasteiger partial charge on any atom is -0.492 e. The molecule has 6 heteroatoms. The number of hydrogen-bond acceptors (Lipinski definition) is 3. The normalized spacial score (nSPS) is 24.3. The molecule has 112 valence electrons. The first kappa shape index (κ1) is 14.2. The van der Waals surface area contributed by atoms with Crippen LogP contribution in [0.2, 0.25) is 5.02 Å². The lowest BCUT2D eigenvalue weighted by molar-refractivity contribution is -0.150. The van der Waals surface area contributed by atoms with Gasteiger partial charge < -0.3 is 14.7 Å². The molecular formula is C15H16ClNO4. The Labute approximate surface area is 127 Å². The summed E-state index contributed by atoms with van der Waals surface area (Å²) in [5, 5.41) is 9.79. The number of carboxylic acids is 1. The van der Waals surface area contributed by atoms with Gasteiger partial charge in [0.2, 0.25) is 5.91 Å². The van der Waals surface area contributed by atoms with Crippen LogP contribution in [0.4, 0.5) is 0 Å². The van der Waals surface area contributed by atoms with Gasteiger partial charge in [-0.05, 0) is 43.0 Å². The van der Waals surface area contributed by atoms with Crippen molar-refractivity contribution in [2.45, 2.75) is 25.3 Å². The second-order valence-electron chi connectivity index (χ2n) is 5.49. The van der Waals surface area contributed by atoms with Crippen LogP contribution in [0.5, 0.6) is 5.75 Å². The SMILES string of the molecule is O=C(O)C1CCCN1C(=O)C1COc2ccc(Cl)cc2C1. The van der Waals surface area contributed by atoms with Crippen molar-refractivity contribution in [1.29, 1.82) is 0 Å². The number of ether oxygens (including phenoxy) is 1. The molecule has 2 aliphatic rings. The van der Waals surface area contributed by atoms with E-state index in [2.05, 4.69) is 0 Å². The summed E-state index contributed by atoms with van der Waals surface area (Å²) in [4.78, 5) is 25.2. The number of halogens is 1. The highest BCUT2D eigenvalue weighted by molar-refractivity contribution is 6.30. The standard InChI is InChI=1S/C15H16ClNO4/c16-11-3-4-13-9(7-11)6-10(8-21-13)14(18)17-5-1-2-12(17)15(19)20/h3-4,7,10,12H,1-2,5-6,8H2,(H,19,20). The molecular weight excluding hydrogens is 294 g/mol. The van der Waals surface area contributed by atoms with E-state index in [1.807, 2.05) is 0 Å². The Bertz CT molecular complexity index is 589. The second kappa shape index (κ2) is 5.56. The van der Waals surface area contributed by atoms with Gasteiger partial charge in [0.15, 0.2) is 0 Å². The number of amides is 1. The monoisotopic (exact) mass is 309 g/mol. The molecule has 1 amide bonds. The molecule has 0 bridgehead atoms. The first-order valence-electron chi connectivity index (χ1n) is 7.01. The molecule has 3 rings (SSSR count). The lowest BCUT2D eigenvalue weighted by Gasteiger charge is -2.30. The molecule has 1 aromatic carbocycles. The number of likely N-dealkylation sites (tertiary alicyclic amines) is 1. The molecule has 21 heavy (non-hydrogen) atoms. The molecule has 2 heterocycles. The molecule has 2 unspecified atom stereocenters. The van der Waals surface area contributed by atoms with Gasteiger partial charge in [-0.3, -0.25) is 4.79 Å². The van der Waals surface area contributed by atoms with Crippen LogP contribution in [0.3, 0.4) is 0 Å². The van der Waals surface area contributed by atoms with Crippen LogP contribution in [0.15, 0.2) is 18.2 Å². The van der Waals surface area contributed by atoms with E-state index >= 15 is 0 Å². The van der Waals surface area contributed by atoms with Crippen LogP contribution in [0.1, 0.15) is 18.4 Å². The van der Waals surface area contributed by atoms with Gasteiger partial charge in [0.05, 0.1) is 5.92 Å². The predicted molar refractivity (Wildman–Crippen MR) is 76.5 cm³/mol. The van der Waals surface area contributed by atoms with Crippen LogP contribution in [0, 0.1) is 5.92 Å². The molecule has 0 aliphatic carbocycles. The van der Waals surface area contributed by atoms with Crippen LogP contribution < -0.4 is 4.74 Å². The Hall–Kier alpha value is -1.75. The Balaban J connectivity index is 1.76. The van der Waals surface area contributed by atoms with Gasteiger partial charge in [-0.2, -0.15) is 0 Å². The summed E-state index contributed by atoms with van der Waals surface area (Å²) in [7, 11) is 0. The number of benzene rings is 1. The molecule has 1 fully saturated rings. The van der Waals surface area contributed by atoms with Crippen LogP contribution in [-0.2, 0) is 16.0 Å². The van der Waals surface area contributed by atoms with Crippen molar-refractivity contribution in [3.8, 4) is 5.75 Å². The van der Waals surface area contributed by atoms with Gasteiger partial charge in [0, 0.05) is 11.6 Å². The van der Waals surface area contributed by atoms with E-state index < -0.39 is 12.0 Å². The second-order valence-corrected chi connectivity index (χ2v) is 5.93. The zero-order valence-electron chi connectivity index (χ0n) is 11.4. The maximum atomic E-state index is 12.6. The van der Waals surface area contributed by atoms with Gasteiger partial charge in [-0.1, -0.05) is 11.6 Å². The number of carboxylic acid groups (broad SMARTS) is 1. The minimum absolute atomic E-state index is 0.134. The molecule has 5 nitrogen and oxygen atoms in total.